The van der Waals surface area contributed by atoms with Crippen molar-refractivity contribution in [2.24, 2.45) is 23.7 Å². The fraction of sp³-hybridized carbons (Fsp3) is 0.696. The van der Waals surface area contributed by atoms with Crippen molar-refractivity contribution in [2.75, 3.05) is 18.5 Å². The molecule has 1 amide bonds. The minimum atomic E-state index is -0.409. The van der Waals surface area contributed by atoms with Crippen molar-refractivity contribution in [3.8, 4) is 0 Å². The molecular weight excluding hydrogens is 402 g/mol. The monoisotopic (exact) mass is 433 g/mol. The summed E-state index contributed by atoms with van der Waals surface area (Å²) >= 11 is 1.44. The molecule has 4 atom stereocenters. The lowest BCUT2D eigenvalue weighted by Crippen LogP contribution is -2.23. The summed E-state index contributed by atoms with van der Waals surface area (Å²) in [7, 11) is 0. The first kappa shape index (κ1) is 21.3. The van der Waals surface area contributed by atoms with Gasteiger partial charge in [0.25, 0.3) is 5.91 Å². The number of ether oxygens (including phenoxy) is 2. The summed E-state index contributed by atoms with van der Waals surface area (Å²) in [5, 5.41) is 3.31. The van der Waals surface area contributed by atoms with E-state index in [0.29, 0.717) is 34.7 Å². The number of anilines is 1. The summed E-state index contributed by atoms with van der Waals surface area (Å²) in [4.78, 5) is 38.3. The Balaban J connectivity index is 1.35. The predicted molar refractivity (Wildman–Crippen MR) is 115 cm³/mol. The van der Waals surface area contributed by atoms with Gasteiger partial charge in [0.2, 0.25) is 0 Å². The maximum Gasteiger partial charge on any atom is 0.341 e. The molecule has 1 N–H and O–H groups in total. The fourth-order valence-electron chi connectivity index (χ4n) is 5.47. The molecule has 2 fully saturated rings. The van der Waals surface area contributed by atoms with Crippen LogP contribution in [0, 0.1) is 23.7 Å². The van der Waals surface area contributed by atoms with Gasteiger partial charge in [-0.1, -0.05) is 13.3 Å². The summed E-state index contributed by atoms with van der Waals surface area (Å²) in [6.45, 7) is 3.93. The quantitative estimate of drug-likeness (QED) is 0.646. The normalized spacial score (nSPS) is 26.9. The number of fused-ring (bicyclic) bond motifs is 3. The van der Waals surface area contributed by atoms with E-state index < -0.39 is 11.9 Å². The van der Waals surface area contributed by atoms with Crippen LogP contribution in [0.2, 0.25) is 0 Å². The molecule has 7 heteroatoms. The molecule has 3 aliphatic rings. The van der Waals surface area contributed by atoms with Crippen molar-refractivity contribution in [1.29, 1.82) is 0 Å². The van der Waals surface area contributed by atoms with Gasteiger partial charge in [-0.3, -0.25) is 9.59 Å². The van der Waals surface area contributed by atoms with E-state index in [1.807, 2.05) is 0 Å². The maximum absolute atomic E-state index is 12.5. The van der Waals surface area contributed by atoms with E-state index in [1.165, 1.54) is 30.6 Å². The van der Waals surface area contributed by atoms with Crippen LogP contribution < -0.4 is 5.32 Å². The Labute approximate surface area is 181 Å². The van der Waals surface area contributed by atoms with Gasteiger partial charge in [-0.2, -0.15) is 0 Å². The van der Waals surface area contributed by atoms with Crippen molar-refractivity contribution in [1.82, 2.24) is 0 Å². The Morgan fingerprint density at radius 3 is 2.67 bits per heavy atom. The molecule has 0 saturated heterocycles. The van der Waals surface area contributed by atoms with Gasteiger partial charge in [0.1, 0.15) is 5.00 Å². The molecule has 30 heavy (non-hydrogen) atoms. The molecular formula is C23H31NO5S. The molecule has 0 aliphatic heterocycles. The van der Waals surface area contributed by atoms with Crippen molar-refractivity contribution in [2.45, 2.75) is 65.2 Å². The second kappa shape index (κ2) is 9.08. The standard InChI is InChI=1S/C23H31NO5S/c1-3-28-23(27)21-17-7-4-13(2)8-18(17)30-22(21)24-19(25)12-29-20(26)11-16-10-14-5-6-15(16)9-14/h13-16H,3-12H2,1-2H3,(H,24,25)/t13-,14-,15-,16-/m1/s1. The highest BCUT2D eigenvalue weighted by molar-refractivity contribution is 7.17. The smallest absolute Gasteiger partial charge is 0.341 e. The molecule has 6 nitrogen and oxygen atoms in total. The third-order valence-corrected chi connectivity index (χ3v) is 8.09. The minimum absolute atomic E-state index is 0.286. The van der Waals surface area contributed by atoms with Crippen LogP contribution in [-0.2, 0) is 31.9 Å². The number of hydrogen-bond acceptors (Lipinski definition) is 6. The van der Waals surface area contributed by atoms with Gasteiger partial charge in [0.15, 0.2) is 6.61 Å². The van der Waals surface area contributed by atoms with E-state index in [2.05, 4.69) is 12.2 Å². The minimum Gasteiger partial charge on any atom is -0.462 e. The van der Waals surface area contributed by atoms with Crippen LogP contribution in [0.3, 0.4) is 0 Å². The average Bonchev–Trinajstić information content (AvgIpc) is 3.40. The zero-order valence-electron chi connectivity index (χ0n) is 17.8. The summed E-state index contributed by atoms with van der Waals surface area (Å²) < 4.78 is 10.5. The topological polar surface area (TPSA) is 81.7 Å². The predicted octanol–water partition coefficient (Wildman–Crippen LogP) is 4.36. The zero-order chi connectivity index (χ0) is 21.3. The van der Waals surface area contributed by atoms with Crippen molar-refractivity contribution >= 4 is 34.2 Å². The highest BCUT2D eigenvalue weighted by Crippen LogP contribution is 2.49. The highest BCUT2D eigenvalue weighted by atomic mass is 32.1. The number of amides is 1. The molecule has 1 heterocycles. The first-order valence-electron chi connectivity index (χ1n) is 11.2. The number of thiophene rings is 1. The number of hydrogen-bond donors (Lipinski definition) is 1. The average molecular weight is 434 g/mol. The van der Waals surface area contributed by atoms with Gasteiger partial charge in [0, 0.05) is 11.3 Å². The van der Waals surface area contributed by atoms with E-state index in [9.17, 15) is 14.4 Å². The highest BCUT2D eigenvalue weighted by Gasteiger charge is 2.40. The van der Waals surface area contributed by atoms with Gasteiger partial charge in [0.05, 0.1) is 12.2 Å². The van der Waals surface area contributed by atoms with Crippen LogP contribution in [0.5, 0.6) is 0 Å². The number of esters is 2. The second-order valence-corrected chi connectivity index (χ2v) is 10.2. The summed E-state index contributed by atoms with van der Waals surface area (Å²) in [6, 6.07) is 0. The van der Waals surface area contributed by atoms with E-state index in [0.717, 1.165) is 42.0 Å². The van der Waals surface area contributed by atoms with Crippen LogP contribution in [0.1, 0.15) is 73.2 Å². The SMILES string of the molecule is CCOC(=O)c1c(NC(=O)COC(=O)C[C@H]2C[C@@H]3CC[C@@H]2C3)sc2c1CC[C@@H](C)C2. The molecule has 1 aromatic rings. The van der Waals surface area contributed by atoms with Gasteiger partial charge in [-0.25, -0.2) is 4.79 Å². The van der Waals surface area contributed by atoms with Crippen LogP contribution in [0.15, 0.2) is 0 Å². The Bertz CT molecular complexity index is 832. The Morgan fingerprint density at radius 2 is 1.97 bits per heavy atom. The third kappa shape index (κ3) is 4.56. The summed E-state index contributed by atoms with van der Waals surface area (Å²) in [6.07, 6.45) is 8.03. The summed E-state index contributed by atoms with van der Waals surface area (Å²) in [5.41, 5.74) is 1.48. The molecule has 1 aromatic heterocycles. The first-order chi connectivity index (χ1) is 14.4. The lowest BCUT2D eigenvalue weighted by molar-refractivity contribution is -0.148. The van der Waals surface area contributed by atoms with Crippen LogP contribution >= 0.6 is 11.3 Å². The fourth-order valence-corrected chi connectivity index (χ4v) is 6.88. The zero-order valence-corrected chi connectivity index (χ0v) is 18.6. The van der Waals surface area contributed by atoms with Gasteiger partial charge in [-0.05, 0) is 74.7 Å². The first-order valence-corrected chi connectivity index (χ1v) is 12.0. The van der Waals surface area contributed by atoms with Gasteiger partial charge >= 0.3 is 11.9 Å². The van der Waals surface area contributed by atoms with Crippen LogP contribution in [0.25, 0.3) is 0 Å². The molecule has 0 aromatic carbocycles. The van der Waals surface area contributed by atoms with E-state index in [-0.39, 0.29) is 19.2 Å². The van der Waals surface area contributed by atoms with E-state index >= 15 is 0 Å². The molecule has 3 aliphatic carbocycles. The largest absolute Gasteiger partial charge is 0.462 e. The molecule has 4 rings (SSSR count). The molecule has 164 valence electrons. The van der Waals surface area contributed by atoms with Crippen molar-refractivity contribution in [3.05, 3.63) is 16.0 Å². The summed E-state index contributed by atoms with van der Waals surface area (Å²) in [5.74, 6) is 1.31. The van der Waals surface area contributed by atoms with Gasteiger partial charge < -0.3 is 14.8 Å². The van der Waals surface area contributed by atoms with E-state index in [1.54, 1.807) is 6.92 Å². The molecule has 2 saturated carbocycles. The number of carbonyl (C=O) groups excluding carboxylic acids is 3. The second-order valence-electron chi connectivity index (χ2n) is 9.12. The number of rotatable bonds is 7. The maximum atomic E-state index is 12.5. The molecule has 0 unspecified atom stereocenters. The molecule has 2 bridgehead atoms. The number of carbonyl (C=O) groups is 3. The Kier molecular flexibility index (Phi) is 6.46. The number of nitrogens with one attached hydrogen (secondary N) is 1. The molecule has 0 radical (unpaired) electrons. The molecule has 0 spiro atoms. The Hall–Kier alpha value is -1.89. The third-order valence-electron chi connectivity index (χ3n) is 6.92. The van der Waals surface area contributed by atoms with Crippen LogP contribution in [0.4, 0.5) is 5.00 Å². The lowest BCUT2D eigenvalue weighted by Gasteiger charge is -2.20. The van der Waals surface area contributed by atoms with Crippen molar-refractivity contribution in [3.63, 3.8) is 0 Å². The Morgan fingerprint density at radius 1 is 1.13 bits per heavy atom. The van der Waals surface area contributed by atoms with Crippen molar-refractivity contribution < 1.29 is 23.9 Å². The lowest BCUT2D eigenvalue weighted by atomic mass is 9.86. The van der Waals surface area contributed by atoms with E-state index in [4.69, 9.17) is 9.47 Å². The van der Waals surface area contributed by atoms with Gasteiger partial charge in [-0.15, -0.1) is 11.3 Å². The van der Waals surface area contributed by atoms with Crippen LogP contribution in [-0.4, -0.2) is 31.1 Å².